The second kappa shape index (κ2) is 4.68. The molecule has 0 saturated heterocycles. The summed E-state index contributed by atoms with van der Waals surface area (Å²) in [6, 6.07) is 3.32. The lowest BCUT2D eigenvalue weighted by Crippen LogP contribution is -2.34. The Morgan fingerprint density at radius 2 is 2.47 bits per heavy atom. The molecule has 1 unspecified atom stereocenters. The molecule has 0 aliphatic carbocycles. The highest BCUT2D eigenvalue weighted by Crippen LogP contribution is 2.31. The summed E-state index contributed by atoms with van der Waals surface area (Å²) < 4.78 is 0. The monoisotopic (exact) mass is 251 g/mol. The number of nitrogens with two attached hydrogens (primary N) is 1. The number of hydrogen-bond acceptors (Lipinski definition) is 5. The summed E-state index contributed by atoms with van der Waals surface area (Å²) in [4.78, 5) is 17.2. The van der Waals surface area contributed by atoms with Gasteiger partial charge in [-0.2, -0.15) is 0 Å². The van der Waals surface area contributed by atoms with Crippen LogP contribution < -0.4 is 11.1 Å². The number of aliphatic hydroxyl groups excluding tert-OH is 1. The highest BCUT2D eigenvalue weighted by molar-refractivity contribution is 7.21. The molecule has 0 aromatic carbocycles. The van der Waals surface area contributed by atoms with Crippen molar-refractivity contribution < 1.29 is 9.90 Å². The molecule has 5 nitrogen and oxygen atoms in total. The van der Waals surface area contributed by atoms with Gasteiger partial charge < -0.3 is 16.2 Å². The number of carbonyl (C=O) groups is 1. The molecule has 1 atom stereocenters. The van der Waals surface area contributed by atoms with Crippen LogP contribution in [0.15, 0.2) is 18.3 Å². The number of anilines is 1. The molecule has 2 heterocycles. The summed E-state index contributed by atoms with van der Waals surface area (Å²) in [6.07, 6.45) is 1.66. The van der Waals surface area contributed by atoms with E-state index in [0.717, 1.165) is 10.2 Å². The van der Waals surface area contributed by atoms with E-state index in [2.05, 4.69) is 10.3 Å². The number of aliphatic hydroxyl groups is 1. The average Bonchev–Trinajstić information content (AvgIpc) is 2.67. The average molecular weight is 251 g/mol. The Bertz CT molecular complexity index is 553. The first-order valence-corrected chi connectivity index (χ1v) is 6.00. The van der Waals surface area contributed by atoms with Crippen LogP contribution in [0.3, 0.4) is 0 Å². The third-order valence-electron chi connectivity index (χ3n) is 2.36. The molecule has 2 aromatic heterocycles. The Hall–Kier alpha value is -1.66. The van der Waals surface area contributed by atoms with Crippen molar-refractivity contribution in [2.45, 2.75) is 13.0 Å². The number of aromatic nitrogens is 1. The van der Waals surface area contributed by atoms with Crippen LogP contribution in [-0.4, -0.2) is 28.6 Å². The number of fused-ring (bicyclic) bond motifs is 1. The topological polar surface area (TPSA) is 88.2 Å². The summed E-state index contributed by atoms with van der Waals surface area (Å²) in [5, 5.41) is 12.3. The van der Waals surface area contributed by atoms with Gasteiger partial charge in [0.25, 0.3) is 5.91 Å². The van der Waals surface area contributed by atoms with Gasteiger partial charge in [0, 0.05) is 17.6 Å². The molecule has 4 N–H and O–H groups in total. The van der Waals surface area contributed by atoms with Gasteiger partial charge >= 0.3 is 0 Å². The number of thiophene rings is 1. The first-order chi connectivity index (χ1) is 8.13. The fourth-order valence-corrected chi connectivity index (χ4v) is 2.42. The first kappa shape index (κ1) is 11.8. The van der Waals surface area contributed by atoms with Crippen molar-refractivity contribution in [3.05, 3.63) is 23.2 Å². The quantitative estimate of drug-likeness (QED) is 0.759. The summed E-state index contributed by atoms with van der Waals surface area (Å²) in [6.45, 7) is 1.62. The van der Waals surface area contributed by atoms with Crippen LogP contribution in [0.1, 0.15) is 16.6 Å². The van der Waals surface area contributed by atoms with Crippen LogP contribution in [0.5, 0.6) is 0 Å². The minimum atomic E-state index is -0.292. The Morgan fingerprint density at radius 3 is 3.12 bits per heavy atom. The maximum atomic E-state index is 11.9. The Balaban J connectivity index is 2.35. The number of nitrogens with one attached hydrogen (secondary N) is 1. The van der Waals surface area contributed by atoms with Crippen LogP contribution in [0, 0.1) is 0 Å². The van der Waals surface area contributed by atoms with Gasteiger partial charge in [-0.1, -0.05) is 0 Å². The van der Waals surface area contributed by atoms with E-state index in [1.165, 1.54) is 11.3 Å². The van der Waals surface area contributed by atoms with Gasteiger partial charge in [-0.25, -0.2) is 4.98 Å². The summed E-state index contributed by atoms with van der Waals surface area (Å²) in [7, 11) is 0. The largest absolute Gasteiger partial charge is 0.397 e. The molecule has 0 radical (unpaired) electrons. The molecular formula is C11H13N3O2S. The fraction of sp³-hybridized carbons (Fsp3) is 0.273. The zero-order valence-electron chi connectivity index (χ0n) is 9.30. The number of nitrogens with zero attached hydrogens (tertiary/aromatic N) is 1. The zero-order valence-corrected chi connectivity index (χ0v) is 10.1. The van der Waals surface area contributed by atoms with Gasteiger partial charge in [-0.15, -0.1) is 11.3 Å². The van der Waals surface area contributed by atoms with E-state index >= 15 is 0 Å². The van der Waals surface area contributed by atoms with Crippen molar-refractivity contribution in [3.63, 3.8) is 0 Å². The number of pyridine rings is 1. The minimum Gasteiger partial charge on any atom is -0.397 e. The molecule has 90 valence electrons. The number of carbonyl (C=O) groups excluding carboxylic acids is 1. The van der Waals surface area contributed by atoms with Crippen LogP contribution >= 0.6 is 11.3 Å². The molecule has 6 heteroatoms. The lowest BCUT2D eigenvalue weighted by atomic mass is 10.2. The zero-order chi connectivity index (χ0) is 12.4. The smallest absolute Gasteiger partial charge is 0.263 e. The van der Waals surface area contributed by atoms with Crippen molar-refractivity contribution in [2.75, 3.05) is 12.3 Å². The highest BCUT2D eigenvalue weighted by Gasteiger charge is 2.17. The second-order valence-electron chi connectivity index (χ2n) is 3.76. The van der Waals surface area contributed by atoms with E-state index in [-0.39, 0.29) is 18.6 Å². The van der Waals surface area contributed by atoms with Gasteiger partial charge in [-0.3, -0.25) is 4.79 Å². The molecule has 2 aromatic rings. The molecule has 0 spiro atoms. The summed E-state index contributed by atoms with van der Waals surface area (Å²) >= 11 is 1.25. The summed E-state index contributed by atoms with van der Waals surface area (Å²) in [5.74, 6) is -0.271. The molecule has 1 amide bonds. The van der Waals surface area contributed by atoms with Crippen molar-refractivity contribution in [2.24, 2.45) is 0 Å². The Kier molecular flexibility index (Phi) is 3.26. The highest BCUT2D eigenvalue weighted by atomic mass is 32.1. The van der Waals surface area contributed by atoms with E-state index < -0.39 is 0 Å². The molecule has 0 fully saturated rings. The van der Waals surface area contributed by atoms with E-state index in [1.54, 1.807) is 19.2 Å². The summed E-state index contributed by atoms with van der Waals surface area (Å²) in [5.41, 5.74) is 6.35. The molecule has 0 bridgehead atoms. The van der Waals surface area contributed by atoms with E-state index in [9.17, 15) is 4.79 Å². The minimum absolute atomic E-state index is 0.102. The standard InChI is InChI=1S/C11H13N3O2S/c1-6(5-15)14-10(16)9-8(12)7-3-2-4-13-11(7)17-9/h2-4,6,15H,5,12H2,1H3,(H,14,16). The number of rotatable bonds is 3. The molecule has 17 heavy (non-hydrogen) atoms. The maximum Gasteiger partial charge on any atom is 0.263 e. The molecular weight excluding hydrogens is 238 g/mol. The predicted molar refractivity (Wildman–Crippen MR) is 68.0 cm³/mol. The van der Waals surface area contributed by atoms with Crippen LogP contribution in [-0.2, 0) is 0 Å². The second-order valence-corrected chi connectivity index (χ2v) is 4.76. The van der Waals surface area contributed by atoms with E-state index in [0.29, 0.717) is 10.6 Å². The molecule has 0 aliphatic heterocycles. The van der Waals surface area contributed by atoms with Crippen molar-refractivity contribution >= 4 is 33.1 Å². The molecule has 0 aliphatic rings. The van der Waals surface area contributed by atoms with Crippen molar-refractivity contribution in [3.8, 4) is 0 Å². The fourth-order valence-electron chi connectivity index (χ4n) is 1.45. The molecule has 2 rings (SSSR count). The lowest BCUT2D eigenvalue weighted by Gasteiger charge is -2.09. The van der Waals surface area contributed by atoms with Gasteiger partial charge in [0.15, 0.2) is 0 Å². The van der Waals surface area contributed by atoms with Gasteiger partial charge in [0.1, 0.15) is 9.71 Å². The van der Waals surface area contributed by atoms with Gasteiger partial charge in [0.05, 0.1) is 12.3 Å². The Morgan fingerprint density at radius 1 is 1.71 bits per heavy atom. The van der Waals surface area contributed by atoms with E-state index in [1.807, 2.05) is 6.07 Å². The maximum absolute atomic E-state index is 11.9. The van der Waals surface area contributed by atoms with E-state index in [4.69, 9.17) is 10.8 Å². The predicted octanol–water partition coefficient (Wildman–Crippen LogP) is 0.989. The number of hydrogen-bond donors (Lipinski definition) is 3. The Labute approximate surface area is 102 Å². The van der Waals surface area contributed by atoms with Crippen LogP contribution in [0.4, 0.5) is 5.69 Å². The third kappa shape index (κ3) is 2.22. The lowest BCUT2D eigenvalue weighted by molar-refractivity contribution is 0.0927. The first-order valence-electron chi connectivity index (χ1n) is 5.18. The van der Waals surface area contributed by atoms with Crippen LogP contribution in [0.2, 0.25) is 0 Å². The van der Waals surface area contributed by atoms with Crippen LogP contribution in [0.25, 0.3) is 10.2 Å². The molecule has 0 saturated carbocycles. The van der Waals surface area contributed by atoms with Gasteiger partial charge in [0.2, 0.25) is 0 Å². The SMILES string of the molecule is CC(CO)NC(=O)c1sc2ncccc2c1N. The van der Waals surface area contributed by atoms with Crippen molar-refractivity contribution in [1.29, 1.82) is 0 Å². The number of nitrogen functional groups attached to an aromatic ring is 1. The normalized spacial score (nSPS) is 12.6. The number of amides is 1. The third-order valence-corrected chi connectivity index (χ3v) is 3.49. The van der Waals surface area contributed by atoms with Crippen molar-refractivity contribution in [1.82, 2.24) is 10.3 Å². The van der Waals surface area contributed by atoms with Gasteiger partial charge in [-0.05, 0) is 19.1 Å².